The van der Waals surface area contributed by atoms with Gasteiger partial charge in [-0.1, -0.05) is 30.7 Å². The van der Waals surface area contributed by atoms with E-state index in [0.29, 0.717) is 24.5 Å². The number of halogens is 1. The Morgan fingerprint density at radius 2 is 2.08 bits per heavy atom. The number of hydrogen-bond donors (Lipinski definition) is 1. The molecular weight excluding hydrogens is 340 g/mol. The Hall–Kier alpha value is -1.59. The Morgan fingerprint density at radius 3 is 2.68 bits per heavy atom. The molecule has 1 aliphatic rings. The lowest BCUT2D eigenvalue weighted by Crippen LogP contribution is -2.48. The minimum atomic E-state index is -0.531. The molecule has 0 bridgehead atoms. The normalized spacial score (nSPS) is 18.0. The van der Waals surface area contributed by atoms with Gasteiger partial charge in [-0.25, -0.2) is 0 Å². The molecule has 1 aliphatic heterocycles. The highest BCUT2D eigenvalue weighted by atomic mass is 35.5. The van der Waals surface area contributed by atoms with Crippen LogP contribution < -0.4 is 5.32 Å². The molecule has 2 atom stereocenters. The van der Waals surface area contributed by atoms with E-state index in [1.165, 1.54) is 0 Å². The Balaban J connectivity index is 2.00. The minimum Gasteiger partial charge on any atom is -0.376 e. The van der Waals surface area contributed by atoms with Crippen molar-refractivity contribution in [2.24, 2.45) is 0 Å². The van der Waals surface area contributed by atoms with E-state index in [2.05, 4.69) is 5.32 Å². The summed E-state index contributed by atoms with van der Waals surface area (Å²) in [7, 11) is 0. The first-order valence-corrected chi connectivity index (χ1v) is 9.32. The molecular formula is C19H27ClN2O3. The van der Waals surface area contributed by atoms with Gasteiger partial charge in [0, 0.05) is 31.1 Å². The molecule has 138 valence electrons. The number of ether oxygens (including phenoxy) is 1. The second kappa shape index (κ2) is 9.78. The number of carbonyl (C=O) groups is 2. The van der Waals surface area contributed by atoms with Crippen LogP contribution in [0.5, 0.6) is 0 Å². The Labute approximate surface area is 154 Å². The third-order valence-electron chi connectivity index (χ3n) is 4.43. The van der Waals surface area contributed by atoms with Crippen LogP contribution in [0.15, 0.2) is 24.3 Å². The summed E-state index contributed by atoms with van der Waals surface area (Å²) < 4.78 is 5.53. The largest absolute Gasteiger partial charge is 0.376 e. The first kappa shape index (κ1) is 19.7. The summed E-state index contributed by atoms with van der Waals surface area (Å²) in [6.07, 6.45) is 3.27. The van der Waals surface area contributed by atoms with Gasteiger partial charge in [0.25, 0.3) is 0 Å². The maximum absolute atomic E-state index is 12.5. The van der Waals surface area contributed by atoms with Gasteiger partial charge >= 0.3 is 0 Å². The van der Waals surface area contributed by atoms with Crippen LogP contribution in [0.2, 0.25) is 5.02 Å². The fraction of sp³-hybridized carbons (Fsp3) is 0.579. The quantitative estimate of drug-likeness (QED) is 0.768. The van der Waals surface area contributed by atoms with Crippen molar-refractivity contribution in [3.05, 3.63) is 34.9 Å². The second-order valence-corrected chi connectivity index (χ2v) is 6.89. The summed E-state index contributed by atoms with van der Waals surface area (Å²) in [5.74, 6) is -0.161. The van der Waals surface area contributed by atoms with Gasteiger partial charge in [0.15, 0.2) is 0 Å². The SMILES string of the molecule is CCCC(=O)N(Cc1ccc(Cl)cc1)[C@@H](C)C(=O)NC[C@@H]1CCCO1. The van der Waals surface area contributed by atoms with Crippen molar-refractivity contribution in [1.29, 1.82) is 0 Å². The van der Waals surface area contributed by atoms with Gasteiger partial charge in [-0.2, -0.15) is 0 Å². The van der Waals surface area contributed by atoms with Crippen LogP contribution in [-0.2, 0) is 20.9 Å². The molecule has 0 saturated carbocycles. The summed E-state index contributed by atoms with van der Waals surface area (Å²) in [6.45, 7) is 5.38. The molecule has 1 aromatic rings. The molecule has 0 unspecified atom stereocenters. The fourth-order valence-electron chi connectivity index (χ4n) is 2.89. The molecule has 1 saturated heterocycles. The number of rotatable bonds is 8. The summed E-state index contributed by atoms with van der Waals surface area (Å²) in [4.78, 5) is 26.7. The van der Waals surface area contributed by atoms with E-state index in [4.69, 9.17) is 16.3 Å². The monoisotopic (exact) mass is 366 g/mol. The number of hydrogen-bond acceptors (Lipinski definition) is 3. The van der Waals surface area contributed by atoms with Crippen LogP contribution in [0.1, 0.15) is 45.1 Å². The summed E-state index contributed by atoms with van der Waals surface area (Å²) >= 11 is 5.92. The summed E-state index contributed by atoms with van der Waals surface area (Å²) in [6, 6.07) is 6.82. The van der Waals surface area contributed by atoms with Gasteiger partial charge in [0.05, 0.1) is 6.10 Å². The number of nitrogens with one attached hydrogen (secondary N) is 1. The van der Waals surface area contributed by atoms with E-state index in [1.54, 1.807) is 24.0 Å². The Morgan fingerprint density at radius 1 is 1.36 bits per heavy atom. The van der Waals surface area contributed by atoms with Crippen molar-refractivity contribution in [3.8, 4) is 0 Å². The molecule has 1 heterocycles. The van der Waals surface area contributed by atoms with E-state index in [1.807, 2.05) is 19.1 Å². The molecule has 25 heavy (non-hydrogen) atoms. The summed E-state index contributed by atoms with van der Waals surface area (Å²) in [5.41, 5.74) is 0.952. The first-order valence-electron chi connectivity index (χ1n) is 8.94. The van der Waals surface area contributed by atoms with E-state index >= 15 is 0 Å². The number of benzene rings is 1. The van der Waals surface area contributed by atoms with E-state index < -0.39 is 6.04 Å². The topological polar surface area (TPSA) is 58.6 Å². The molecule has 0 aromatic heterocycles. The lowest BCUT2D eigenvalue weighted by Gasteiger charge is -2.29. The number of nitrogens with zero attached hydrogens (tertiary/aromatic N) is 1. The van der Waals surface area contributed by atoms with Crippen molar-refractivity contribution < 1.29 is 14.3 Å². The van der Waals surface area contributed by atoms with Crippen molar-refractivity contribution in [2.75, 3.05) is 13.2 Å². The molecule has 0 aliphatic carbocycles. The zero-order valence-corrected chi connectivity index (χ0v) is 15.7. The maximum atomic E-state index is 12.5. The highest BCUT2D eigenvalue weighted by Gasteiger charge is 2.26. The molecule has 1 N–H and O–H groups in total. The average Bonchev–Trinajstić information content (AvgIpc) is 3.12. The standard InChI is InChI=1S/C19H27ClN2O3/c1-3-5-18(23)22(13-15-7-9-16(20)10-8-15)14(2)19(24)21-12-17-6-4-11-25-17/h7-10,14,17H,3-6,11-13H2,1-2H3,(H,21,24)/t14-,17-/m0/s1. The van der Waals surface area contributed by atoms with Crippen molar-refractivity contribution in [3.63, 3.8) is 0 Å². The van der Waals surface area contributed by atoms with Gasteiger partial charge in [0.2, 0.25) is 11.8 Å². The summed E-state index contributed by atoms with van der Waals surface area (Å²) in [5, 5.41) is 3.57. The molecule has 0 spiro atoms. The second-order valence-electron chi connectivity index (χ2n) is 6.45. The lowest BCUT2D eigenvalue weighted by atomic mass is 10.1. The predicted molar refractivity (Wildman–Crippen MR) is 98.4 cm³/mol. The Kier molecular flexibility index (Phi) is 7.72. The van der Waals surface area contributed by atoms with Crippen LogP contribution in [0.4, 0.5) is 0 Å². The van der Waals surface area contributed by atoms with E-state index in [-0.39, 0.29) is 17.9 Å². The van der Waals surface area contributed by atoms with Crippen molar-refractivity contribution in [2.45, 2.75) is 58.2 Å². The fourth-order valence-corrected chi connectivity index (χ4v) is 3.02. The van der Waals surface area contributed by atoms with Crippen LogP contribution in [0.3, 0.4) is 0 Å². The van der Waals surface area contributed by atoms with E-state index in [9.17, 15) is 9.59 Å². The highest BCUT2D eigenvalue weighted by molar-refractivity contribution is 6.30. The van der Waals surface area contributed by atoms with Gasteiger partial charge in [-0.05, 0) is 43.9 Å². The van der Waals surface area contributed by atoms with Crippen LogP contribution in [-0.4, -0.2) is 42.0 Å². The Bertz CT molecular complexity index is 571. The van der Waals surface area contributed by atoms with E-state index in [0.717, 1.165) is 31.4 Å². The average molecular weight is 367 g/mol. The number of amides is 2. The molecule has 0 radical (unpaired) electrons. The maximum Gasteiger partial charge on any atom is 0.242 e. The zero-order valence-electron chi connectivity index (χ0n) is 15.0. The minimum absolute atomic E-state index is 0.0165. The zero-order chi connectivity index (χ0) is 18.2. The van der Waals surface area contributed by atoms with Gasteiger partial charge < -0.3 is 15.0 Å². The van der Waals surface area contributed by atoms with Crippen molar-refractivity contribution >= 4 is 23.4 Å². The molecule has 2 amide bonds. The van der Waals surface area contributed by atoms with Gasteiger partial charge in [-0.3, -0.25) is 9.59 Å². The van der Waals surface area contributed by atoms with Gasteiger partial charge in [0.1, 0.15) is 6.04 Å². The third kappa shape index (κ3) is 6.01. The van der Waals surface area contributed by atoms with Crippen LogP contribution in [0, 0.1) is 0 Å². The van der Waals surface area contributed by atoms with Gasteiger partial charge in [-0.15, -0.1) is 0 Å². The molecule has 1 fully saturated rings. The molecule has 6 heteroatoms. The smallest absolute Gasteiger partial charge is 0.242 e. The van der Waals surface area contributed by atoms with Crippen LogP contribution in [0.25, 0.3) is 0 Å². The molecule has 5 nitrogen and oxygen atoms in total. The number of carbonyl (C=O) groups excluding carboxylic acids is 2. The molecule has 2 rings (SSSR count). The lowest BCUT2D eigenvalue weighted by molar-refractivity contribution is -0.140. The first-order chi connectivity index (χ1) is 12.0. The van der Waals surface area contributed by atoms with Crippen LogP contribution >= 0.6 is 11.6 Å². The molecule has 1 aromatic carbocycles. The predicted octanol–water partition coefficient (Wildman–Crippen LogP) is 3.15. The highest BCUT2D eigenvalue weighted by Crippen LogP contribution is 2.15. The third-order valence-corrected chi connectivity index (χ3v) is 4.68. The van der Waals surface area contributed by atoms with Crippen molar-refractivity contribution in [1.82, 2.24) is 10.2 Å².